The molecule has 0 bridgehead atoms. The second-order valence-electron chi connectivity index (χ2n) is 4.16. The number of aryl methyl sites for hydroxylation is 2. The molecule has 17 heavy (non-hydrogen) atoms. The maximum atomic E-state index is 12.0. The van der Waals surface area contributed by atoms with Crippen molar-refractivity contribution >= 4 is 21.4 Å². The minimum absolute atomic E-state index is 0.0929. The van der Waals surface area contributed by atoms with Crippen LogP contribution in [-0.4, -0.2) is 30.0 Å². The van der Waals surface area contributed by atoms with Gasteiger partial charge >= 0.3 is 0 Å². The molecule has 0 spiro atoms. The van der Waals surface area contributed by atoms with Crippen molar-refractivity contribution in [2.75, 3.05) is 6.54 Å². The molecule has 0 aliphatic rings. The molecule has 2 N–H and O–H groups in total. The maximum Gasteiger partial charge on any atom is 0.158 e. The molecule has 1 aromatic rings. The van der Waals surface area contributed by atoms with Gasteiger partial charge in [0.15, 0.2) is 9.84 Å². The van der Waals surface area contributed by atoms with Crippen molar-refractivity contribution in [2.24, 2.45) is 12.8 Å². The number of nitrogens with two attached hydrogens (primary N) is 1. The molecule has 0 saturated heterocycles. The standard InChI is InChI=1S/C10H18ClN3O2S/c1-7(4-5-12)17(15,16)6-9-10(11)8(2)13-14(9)3/h7H,4-6,12H2,1-3H3. The molecule has 1 atom stereocenters. The van der Waals surface area contributed by atoms with Gasteiger partial charge in [-0.2, -0.15) is 5.10 Å². The van der Waals surface area contributed by atoms with Gasteiger partial charge in [0.2, 0.25) is 0 Å². The number of nitrogens with zero attached hydrogens (tertiary/aromatic N) is 2. The highest BCUT2D eigenvalue weighted by Gasteiger charge is 2.24. The number of hydrogen-bond donors (Lipinski definition) is 1. The summed E-state index contributed by atoms with van der Waals surface area (Å²) < 4.78 is 25.6. The van der Waals surface area contributed by atoms with E-state index in [1.165, 1.54) is 4.68 Å². The second-order valence-corrected chi connectivity index (χ2v) is 6.96. The third-order valence-electron chi connectivity index (χ3n) is 2.79. The molecule has 5 nitrogen and oxygen atoms in total. The Bertz CT molecular complexity index is 496. The van der Waals surface area contributed by atoms with Crippen LogP contribution in [0.25, 0.3) is 0 Å². The van der Waals surface area contributed by atoms with E-state index in [4.69, 9.17) is 17.3 Å². The predicted molar refractivity (Wildman–Crippen MR) is 68.7 cm³/mol. The molecular formula is C10H18ClN3O2S. The first kappa shape index (κ1) is 14.5. The molecule has 0 aliphatic heterocycles. The normalized spacial score (nSPS) is 13.9. The summed E-state index contributed by atoms with van der Waals surface area (Å²) in [6.45, 7) is 3.78. The summed E-state index contributed by atoms with van der Waals surface area (Å²) in [5.74, 6) is -0.0929. The quantitative estimate of drug-likeness (QED) is 0.873. The molecule has 0 saturated carbocycles. The van der Waals surface area contributed by atoms with Crippen LogP contribution in [0.5, 0.6) is 0 Å². The van der Waals surface area contributed by atoms with Crippen LogP contribution in [-0.2, 0) is 22.6 Å². The molecule has 1 aromatic heterocycles. The van der Waals surface area contributed by atoms with Crippen LogP contribution >= 0.6 is 11.6 Å². The van der Waals surface area contributed by atoms with Gasteiger partial charge in [-0.25, -0.2) is 8.42 Å². The Labute approximate surface area is 107 Å². The smallest absolute Gasteiger partial charge is 0.158 e. The third-order valence-corrected chi connectivity index (χ3v) is 5.42. The highest BCUT2D eigenvalue weighted by molar-refractivity contribution is 7.91. The topological polar surface area (TPSA) is 78.0 Å². The number of halogens is 1. The van der Waals surface area contributed by atoms with Crippen molar-refractivity contribution < 1.29 is 8.42 Å². The van der Waals surface area contributed by atoms with Gasteiger partial charge < -0.3 is 5.73 Å². The molecule has 0 aromatic carbocycles. The fraction of sp³-hybridized carbons (Fsp3) is 0.700. The SMILES string of the molecule is Cc1nn(C)c(CS(=O)(=O)C(C)CCN)c1Cl. The Hall–Kier alpha value is -0.590. The van der Waals surface area contributed by atoms with E-state index in [-0.39, 0.29) is 5.75 Å². The average Bonchev–Trinajstić information content (AvgIpc) is 2.45. The van der Waals surface area contributed by atoms with E-state index >= 15 is 0 Å². The summed E-state index contributed by atoms with van der Waals surface area (Å²) in [5.41, 5.74) is 6.55. The van der Waals surface area contributed by atoms with Crippen LogP contribution in [0.15, 0.2) is 0 Å². The molecule has 0 radical (unpaired) electrons. The fourth-order valence-electron chi connectivity index (χ4n) is 1.58. The molecule has 7 heteroatoms. The van der Waals surface area contributed by atoms with Gasteiger partial charge in [-0.05, 0) is 26.8 Å². The first-order chi connectivity index (χ1) is 7.79. The predicted octanol–water partition coefficient (Wildman–Crippen LogP) is 1.03. The average molecular weight is 280 g/mol. The van der Waals surface area contributed by atoms with Crippen LogP contribution in [0.2, 0.25) is 5.02 Å². The lowest BCUT2D eigenvalue weighted by molar-refractivity contribution is 0.574. The third kappa shape index (κ3) is 3.20. The van der Waals surface area contributed by atoms with E-state index in [1.807, 2.05) is 0 Å². The highest BCUT2D eigenvalue weighted by Crippen LogP contribution is 2.23. The van der Waals surface area contributed by atoms with Crippen LogP contribution in [0.3, 0.4) is 0 Å². The van der Waals surface area contributed by atoms with E-state index < -0.39 is 15.1 Å². The van der Waals surface area contributed by atoms with Gasteiger partial charge in [-0.3, -0.25) is 4.68 Å². The summed E-state index contributed by atoms with van der Waals surface area (Å²) in [6.07, 6.45) is 0.455. The molecule has 1 rings (SSSR count). The Kier molecular flexibility index (Phi) is 4.57. The molecule has 98 valence electrons. The highest BCUT2D eigenvalue weighted by atomic mass is 35.5. The van der Waals surface area contributed by atoms with Crippen LogP contribution in [0.1, 0.15) is 24.7 Å². The van der Waals surface area contributed by atoms with E-state index in [9.17, 15) is 8.42 Å². The van der Waals surface area contributed by atoms with Gasteiger partial charge in [-0.15, -0.1) is 0 Å². The van der Waals surface area contributed by atoms with E-state index in [0.717, 1.165) is 0 Å². The zero-order chi connectivity index (χ0) is 13.2. The van der Waals surface area contributed by atoms with Crippen molar-refractivity contribution in [3.63, 3.8) is 0 Å². The fourth-order valence-corrected chi connectivity index (χ4v) is 3.38. The molecule has 1 heterocycles. The molecule has 1 unspecified atom stereocenters. The van der Waals surface area contributed by atoms with Gasteiger partial charge in [-0.1, -0.05) is 11.6 Å². The number of sulfone groups is 1. The van der Waals surface area contributed by atoms with Gasteiger partial charge in [0.05, 0.1) is 27.4 Å². The van der Waals surface area contributed by atoms with E-state index in [0.29, 0.717) is 29.4 Å². The van der Waals surface area contributed by atoms with Crippen molar-refractivity contribution in [1.82, 2.24) is 9.78 Å². The number of aromatic nitrogens is 2. The molecule has 0 fully saturated rings. The van der Waals surface area contributed by atoms with Gasteiger partial charge in [0, 0.05) is 7.05 Å². The Morgan fingerprint density at radius 1 is 1.53 bits per heavy atom. The Morgan fingerprint density at radius 2 is 2.12 bits per heavy atom. The largest absolute Gasteiger partial charge is 0.330 e. The van der Waals surface area contributed by atoms with Gasteiger partial charge in [0.1, 0.15) is 0 Å². The minimum Gasteiger partial charge on any atom is -0.330 e. The Morgan fingerprint density at radius 3 is 2.53 bits per heavy atom. The first-order valence-electron chi connectivity index (χ1n) is 5.39. The molecular weight excluding hydrogens is 262 g/mol. The zero-order valence-corrected chi connectivity index (χ0v) is 11.8. The van der Waals surface area contributed by atoms with Crippen molar-refractivity contribution in [1.29, 1.82) is 0 Å². The maximum absolute atomic E-state index is 12.0. The summed E-state index contributed by atoms with van der Waals surface area (Å²) in [5, 5.41) is 4.06. The van der Waals surface area contributed by atoms with Crippen LogP contribution < -0.4 is 5.73 Å². The van der Waals surface area contributed by atoms with Crippen LogP contribution in [0.4, 0.5) is 0 Å². The zero-order valence-electron chi connectivity index (χ0n) is 10.3. The lowest BCUT2D eigenvalue weighted by Gasteiger charge is -2.12. The molecule has 0 amide bonds. The first-order valence-corrected chi connectivity index (χ1v) is 7.48. The van der Waals surface area contributed by atoms with Crippen molar-refractivity contribution in [2.45, 2.75) is 31.3 Å². The van der Waals surface area contributed by atoms with Crippen LogP contribution in [0, 0.1) is 6.92 Å². The summed E-state index contributed by atoms with van der Waals surface area (Å²) in [7, 11) is -1.54. The summed E-state index contributed by atoms with van der Waals surface area (Å²) in [6, 6.07) is 0. The monoisotopic (exact) mass is 279 g/mol. The van der Waals surface area contributed by atoms with Crippen molar-refractivity contribution in [3.05, 3.63) is 16.4 Å². The van der Waals surface area contributed by atoms with E-state index in [2.05, 4.69) is 5.10 Å². The number of hydrogen-bond acceptors (Lipinski definition) is 4. The summed E-state index contributed by atoms with van der Waals surface area (Å²) >= 11 is 6.03. The number of rotatable bonds is 5. The van der Waals surface area contributed by atoms with Crippen molar-refractivity contribution in [3.8, 4) is 0 Å². The van der Waals surface area contributed by atoms with E-state index in [1.54, 1.807) is 20.9 Å². The minimum atomic E-state index is -3.23. The van der Waals surface area contributed by atoms with Gasteiger partial charge in [0.25, 0.3) is 0 Å². The summed E-state index contributed by atoms with van der Waals surface area (Å²) in [4.78, 5) is 0. The second kappa shape index (κ2) is 5.37. The lowest BCUT2D eigenvalue weighted by atomic mass is 10.3. The molecule has 0 aliphatic carbocycles. The Balaban J connectivity index is 2.98. The lowest BCUT2D eigenvalue weighted by Crippen LogP contribution is -2.23.